The maximum absolute atomic E-state index is 13.0. The fourth-order valence-electron chi connectivity index (χ4n) is 2.72. The molecule has 0 saturated carbocycles. The van der Waals surface area contributed by atoms with E-state index in [4.69, 9.17) is 5.26 Å². The predicted octanol–water partition coefficient (Wildman–Crippen LogP) is 6.93. The second kappa shape index (κ2) is 13.9. The zero-order chi connectivity index (χ0) is 30.0. The van der Waals surface area contributed by atoms with E-state index in [9.17, 15) is 26.6 Å². The van der Waals surface area contributed by atoms with Gasteiger partial charge in [-0.05, 0) is 55.7 Å². The Morgan fingerprint density at radius 3 is 1.69 bits per heavy atom. The first kappa shape index (κ1) is 33.3. The number of nitrogens with zero attached hydrogens (tertiary/aromatic N) is 5. The summed E-state index contributed by atoms with van der Waals surface area (Å²) in [7, 11) is -2.73. The van der Waals surface area contributed by atoms with E-state index in [1.165, 1.54) is 50.0 Å². The van der Waals surface area contributed by atoms with Crippen LogP contribution < -0.4 is 0 Å². The van der Waals surface area contributed by atoms with Crippen molar-refractivity contribution < 1.29 is 26.6 Å². The number of Topliss-reactive ketones (excluding diaryl/α,β-unsaturated/α-hetero) is 1. The van der Waals surface area contributed by atoms with E-state index >= 15 is 0 Å². The smallest absolute Gasteiger partial charge is 0.286 e. The Bertz CT molecular complexity index is 1390. The van der Waals surface area contributed by atoms with E-state index in [1.807, 2.05) is 19.9 Å². The van der Waals surface area contributed by atoms with Gasteiger partial charge in [0.2, 0.25) is 6.19 Å². The molecular weight excluding hydrogens is 534 g/mol. The summed E-state index contributed by atoms with van der Waals surface area (Å²) in [5, 5.41) is 7.89. The van der Waals surface area contributed by atoms with Crippen molar-refractivity contribution in [2.24, 2.45) is 4.36 Å². The number of rotatable bonds is 5. The van der Waals surface area contributed by atoms with E-state index < -0.39 is 26.8 Å². The summed E-state index contributed by atoms with van der Waals surface area (Å²) < 4.78 is 66.3. The molecule has 0 aliphatic carbocycles. The number of hydrogen-bond donors (Lipinski definition) is 0. The molecule has 0 N–H and O–H groups in total. The van der Waals surface area contributed by atoms with Gasteiger partial charge < -0.3 is 0 Å². The van der Waals surface area contributed by atoms with E-state index in [0.717, 1.165) is 25.0 Å². The molecule has 0 bridgehead atoms. The molecule has 0 fully saturated rings. The van der Waals surface area contributed by atoms with Gasteiger partial charge in [0.1, 0.15) is 17.1 Å². The lowest BCUT2D eigenvalue weighted by atomic mass is 10.1. The number of ketones is 1. The normalized spacial score (nSPS) is 13.3. The Morgan fingerprint density at radius 2 is 1.36 bits per heavy atom. The number of aromatic nitrogens is 3. The van der Waals surface area contributed by atoms with Gasteiger partial charge in [0.05, 0.1) is 15.0 Å². The summed E-state index contributed by atoms with van der Waals surface area (Å²) in [6.45, 7) is 8.47. The summed E-state index contributed by atoms with van der Waals surface area (Å²) >= 11 is 0. The summed E-state index contributed by atoms with van der Waals surface area (Å²) in [4.78, 5) is 21.9. The third kappa shape index (κ3) is 11.3. The molecule has 0 saturated heterocycles. The zero-order valence-electron chi connectivity index (χ0n) is 22.7. The van der Waals surface area contributed by atoms with E-state index in [0.29, 0.717) is 11.3 Å². The zero-order valence-corrected chi connectivity index (χ0v) is 23.6. The molecule has 2 atom stereocenters. The lowest BCUT2D eigenvalue weighted by Crippen LogP contribution is -2.12. The first-order valence-electron chi connectivity index (χ1n) is 11.6. The minimum Gasteiger partial charge on any atom is -0.293 e. The summed E-state index contributed by atoms with van der Waals surface area (Å²) in [6.07, 6.45) is 7.23. The molecule has 0 radical (unpaired) electrons. The van der Waals surface area contributed by atoms with Crippen molar-refractivity contribution in [3.05, 3.63) is 88.8 Å². The van der Waals surface area contributed by atoms with Crippen LogP contribution in [0.25, 0.3) is 0 Å². The first-order chi connectivity index (χ1) is 17.9. The second-order valence-electron chi connectivity index (χ2n) is 8.95. The summed E-state index contributed by atoms with van der Waals surface area (Å²) in [6, 6.07) is 9.20. The highest BCUT2D eigenvalue weighted by atomic mass is 32.2. The van der Waals surface area contributed by atoms with Crippen molar-refractivity contribution in [2.45, 2.75) is 58.6 Å². The van der Waals surface area contributed by atoms with Crippen molar-refractivity contribution >= 4 is 15.5 Å². The molecule has 3 heterocycles. The molecule has 2 unspecified atom stereocenters. The van der Waals surface area contributed by atoms with Crippen molar-refractivity contribution in [3.8, 4) is 6.19 Å². The highest BCUT2D eigenvalue weighted by molar-refractivity contribution is 7.93. The predicted molar refractivity (Wildman–Crippen MR) is 142 cm³/mol. The largest absolute Gasteiger partial charge is 0.293 e. The van der Waals surface area contributed by atoms with Gasteiger partial charge in [0, 0.05) is 45.6 Å². The van der Waals surface area contributed by atoms with Crippen LogP contribution in [0.15, 0.2) is 59.4 Å². The molecule has 210 valence electrons. The minimum atomic E-state index is -3.01. The van der Waals surface area contributed by atoms with Crippen LogP contribution in [-0.4, -0.2) is 31.2 Å². The fraction of sp³-hybridized carbons (Fsp3) is 0.370. The quantitative estimate of drug-likeness (QED) is 0.189. The molecule has 0 spiro atoms. The maximum Gasteiger partial charge on any atom is 0.286 e. The molecule has 0 amide bonds. The van der Waals surface area contributed by atoms with Crippen molar-refractivity contribution in [1.29, 1.82) is 5.26 Å². The van der Waals surface area contributed by atoms with E-state index in [1.54, 1.807) is 25.3 Å². The van der Waals surface area contributed by atoms with Gasteiger partial charge >= 0.3 is 0 Å². The number of nitriles is 1. The maximum atomic E-state index is 13.0. The Balaban J connectivity index is 0.000000311. The second-order valence-corrected chi connectivity index (χ2v) is 11.6. The number of hydrogen-bond acceptors (Lipinski definition) is 7. The highest BCUT2D eigenvalue weighted by Gasteiger charge is 2.27. The minimum absolute atomic E-state index is 0.0139. The molecule has 7 nitrogen and oxygen atoms in total. The van der Waals surface area contributed by atoms with Crippen LogP contribution in [0, 0.1) is 25.3 Å². The molecule has 0 aliphatic rings. The number of pyridine rings is 3. The van der Waals surface area contributed by atoms with Crippen LogP contribution in [-0.2, 0) is 21.6 Å². The Hall–Kier alpha value is -3.72. The van der Waals surface area contributed by atoms with E-state index in [2.05, 4.69) is 19.3 Å². The lowest BCUT2D eigenvalue weighted by molar-refractivity contribution is 0.0121. The Kier molecular flexibility index (Phi) is 11.9. The van der Waals surface area contributed by atoms with Gasteiger partial charge in [-0.2, -0.15) is 22.8 Å². The average molecular weight is 566 g/mol. The molecule has 12 heteroatoms. The third-order valence-corrected chi connectivity index (χ3v) is 7.25. The van der Waals surface area contributed by atoms with Gasteiger partial charge in [-0.1, -0.05) is 18.2 Å². The Morgan fingerprint density at radius 1 is 0.897 bits per heavy atom. The van der Waals surface area contributed by atoms with Crippen LogP contribution in [0.2, 0.25) is 0 Å². The summed E-state index contributed by atoms with van der Waals surface area (Å²) in [5.74, 6) is -5.82. The van der Waals surface area contributed by atoms with Crippen LogP contribution in [0.1, 0.15) is 71.5 Å². The van der Waals surface area contributed by atoms with Crippen LogP contribution in [0.3, 0.4) is 0 Å². The summed E-state index contributed by atoms with van der Waals surface area (Å²) in [5.41, 5.74) is 2.48. The molecular formula is C27H31F4N5O2S. The van der Waals surface area contributed by atoms with Gasteiger partial charge in [-0.15, -0.1) is 4.36 Å². The van der Waals surface area contributed by atoms with Crippen molar-refractivity contribution in [3.63, 3.8) is 0 Å². The molecule has 3 aromatic rings. The standard InChI is InChI=1S/C11H13F2N3OS.C8H9F2N.C8H9NO/c1-8(18(3,17)16-7-14)9-4-5-10(15-6-9)11(2,12)13;1-6-3-4-7(11-5-6)8(2,9)10;1-6-3-4-8(7(2)10)9-5-6/h4-6,8H,1-3H3;3-5H,1-2H3;3-5H,1-2H3. The van der Waals surface area contributed by atoms with Crippen LogP contribution >= 0.6 is 0 Å². The average Bonchev–Trinajstić information content (AvgIpc) is 2.84. The number of carbonyl (C=O) groups is 1. The number of aryl methyl sites for hydroxylation is 2. The Labute approximate surface area is 226 Å². The molecule has 0 aliphatic heterocycles. The number of carbonyl (C=O) groups excluding carboxylic acids is 1. The lowest BCUT2D eigenvalue weighted by Gasteiger charge is -2.14. The van der Waals surface area contributed by atoms with Gasteiger partial charge in [0.15, 0.2) is 5.78 Å². The van der Waals surface area contributed by atoms with Gasteiger partial charge in [-0.3, -0.25) is 19.7 Å². The van der Waals surface area contributed by atoms with Gasteiger partial charge in [0.25, 0.3) is 11.8 Å². The monoisotopic (exact) mass is 565 g/mol. The van der Waals surface area contributed by atoms with Crippen LogP contribution in [0.4, 0.5) is 17.6 Å². The van der Waals surface area contributed by atoms with E-state index in [-0.39, 0.29) is 17.2 Å². The molecule has 39 heavy (non-hydrogen) atoms. The number of halogens is 4. The van der Waals surface area contributed by atoms with Crippen LogP contribution in [0.5, 0.6) is 0 Å². The van der Waals surface area contributed by atoms with Crippen molar-refractivity contribution in [2.75, 3.05) is 6.26 Å². The fourth-order valence-corrected chi connectivity index (χ4v) is 3.69. The SMILES string of the molecule is CC(=O)c1ccc(C)cn1.CC(c1ccc(C(C)(F)F)nc1)S(C)(=O)=NC#N.Cc1ccc(C(C)(F)F)nc1. The third-order valence-electron chi connectivity index (χ3n) is 5.22. The highest BCUT2D eigenvalue weighted by Crippen LogP contribution is 2.28. The van der Waals surface area contributed by atoms with Gasteiger partial charge in [-0.25, -0.2) is 4.21 Å². The molecule has 3 rings (SSSR count). The number of alkyl halides is 4. The topological polar surface area (TPSA) is 109 Å². The molecule has 0 aromatic carbocycles. The van der Waals surface area contributed by atoms with Crippen molar-refractivity contribution in [1.82, 2.24) is 15.0 Å². The molecule has 3 aromatic heterocycles. The first-order valence-corrected chi connectivity index (χ1v) is 13.5.